The fourth-order valence-corrected chi connectivity index (χ4v) is 2.13. The number of H-pyrrole nitrogens is 1. The normalized spacial score (nSPS) is 12.6. The highest BCUT2D eigenvalue weighted by atomic mass is 16.5. The Morgan fingerprint density at radius 1 is 1.16 bits per heavy atom. The van der Waals surface area contributed by atoms with E-state index in [9.17, 15) is 10.0 Å². The molecule has 3 N–H and O–H groups in total. The van der Waals surface area contributed by atoms with E-state index in [4.69, 9.17) is 0 Å². The molecule has 0 fully saturated rings. The highest BCUT2D eigenvalue weighted by molar-refractivity contribution is 5.93. The van der Waals surface area contributed by atoms with Crippen LogP contribution in [0.3, 0.4) is 0 Å². The number of allylic oxidation sites excluding steroid dienone is 10. The first-order valence-corrected chi connectivity index (χ1v) is 7.72. The van der Waals surface area contributed by atoms with Gasteiger partial charge in [-0.3, -0.25) is 4.79 Å². The molecule has 0 saturated carbocycles. The first-order valence-electron chi connectivity index (χ1n) is 7.72. The maximum absolute atomic E-state index is 12.6. The van der Waals surface area contributed by atoms with Crippen LogP contribution in [-0.4, -0.2) is 16.1 Å². The standard InChI is InChI=1S/C20H23N3O2/c1-6-10-13-16(9-4)19-21-15(5)18(23(19)25)20(24)22-17(12-8-3)14-11-7-2/h6-14,25H,1-3H2,4-5H3,(H,22,24)/p+1/b13-10-,14-11-,16-9+,17-12+. The number of nitrogens with one attached hydrogen (secondary N) is 2. The van der Waals surface area contributed by atoms with Gasteiger partial charge in [-0.05, 0) is 29.9 Å². The fraction of sp³-hybridized carbons (Fsp3) is 0.100. The highest BCUT2D eigenvalue weighted by Crippen LogP contribution is 2.13. The lowest BCUT2D eigenvalue weighted by atomic mass is 10.2. The van der Waals surface area contributed by atoms with Crippen LogP contribution < -0.4 is 10.0 Å². The molecule has 5 heteroatoms. The zero-order valence-corrected chi connectivity index (χ0v) is 14.6. The SMILES string of the molecule is C=C/C=C\C(=C/C=C)NC(=O)c1c(C)[nH]c(C(/C=C\C=C)=C/C)[n+]1O. The monoisotopic (exact) mass is 338 g/mol. The van der Waals surface area contributed by atoms with E-state index in [2.05, 4.69) is 30.0 Å². The minimum atomic E-state index is -0.451. The Balaban J connectivity index is 3.24. The van der Waals surface area contributed by atoms with Crippen LogP contribution in [0.15, 0.2) is 80.1 Å². The summed E-state index contributed by atoms with van der Waals surface area (Å²) >= 11 is 0. The molecule has 1 amide bonds. The van der Waals surface area contributed by atoms with Crippen LogP contribution >= 0.6 is 0 Å². The summed E-state index contributed by atoms with van der Waals surface area (Å²) < 4.78 is 0.843. The molecule has 0 atom stereocenters. The van der Waals surface area contributed by atoms with Crippen molar-refractivity contribution in [1.29, 1.82) is 0 Å². The summed E-state index contributed by atoms with van der Waals surface area (Å²) in [4.78, 5) is 15.6. The van der Waals surface area contributed by atoms with Gasteiger partial charge in [-0.25, -0.2) is 4.98 Å². The van der Waals surface area contributed by atoms with Gasteiger partial charge in [0.25, 0.3) is 5.69 Å². The molecule has 25 heavy (non-hydrogen) atoms. The molecule has 0 spiro atoms. The third-order valence-corrected chi connectivity index (χ3v) is 3.26. The maximum Gasteiger partial charge on any atom is 0.326 e. The molecule has 0 aliphatic carbocycles. The summed E-state index contributed by atoms with van der Waals surface area (Å²) in [5, 5.41) is 13.2. The van der Waals surface area contributed by atoms with Crippen molar-refractivity contribution in [2.75, 3.05) is 0 Å². The van der Waals surface area contributed by atoms with E-state index in [0.29, 0.717) is 17.2 Å². The number of carbonyl (C=O) groups excluding carboxylic acids is 1. The summed E-state index contributed by atoms with van der Waals surface area (Å²) in [6.07, 6.45) is 15.1. The van der Waals surface area contributed by atoms with Crippen LogP contribution in [0, 0.1) is 6.92 Å². The lowest BCUT2D eigenvalue weighted by Crippen LogP contribution is -2.42. The van der Waals surface area contributed by atoms with E-state index in [-0.39, 0.29) is 5.69 Å². The molecule has 1 heterocycles. The van der Waals surface area contributed by atoms with Gasteiger partial charge in [0.05, 0.1) is 5.57 Å². The Hall–Kier alpha value is -3.34. The maximum atomic E-state index is 12.6. The van der Waals surface area contributed by atoms with Crippen molar-refractivity contribution in [3.05, 3.63) is 97.3 Å². The van der Waals surface area contributed by atoms with E-state index >= 15 is 0 Å². The van der Waals surface area contributed by atoms with E-state index in [1.54, 1.807) is 55.5 Å². The summed E-state index contributed by atoms with van der Waals surface area (Å²) in [7, 11) is 0. The van der Waals surface area contributed by atoms with Crippen LogP contribution in [0.1, 0.15) is 28.9 Å². The topological polar surface area (TPSA) is 69.0 Å². The third-order valence-electron chi connectivity index (χ3n) is 3.26. The van der Waals surface area contributed by atoms with Crippen LogP contribution in [0.2, 0.25) is 0 Å². The van der Waals surface area contributed by atoms with Gasteiger partial charge in [-0.15, -0.1) is 0 Å². The van der Waals surface area contributed by atoms with Gasteiger partial charge in [0, 0.05) is 12.6 Å². The van der Waals surface area contributed by atoms with Crippen LogP contribution in [-0.2, 0) is 0 Å². The van der Waals surface area contributed by atoms with Gasteiger partial charge in [0.2, 0.25) is 0 Å². The first-order chi connectivity index (χ1) is 12.0. The largest absolute Gasteiger partial charge is 0.349 e. The molecule has 0 unspecified atom stereocenters. The Labute approximate surface area is 148 Å². The highest BCUT2D eigenvalue weighted by Gasteiger charge is 2.29. The smallest absolute Gasteiger partial charge is 0.326 e. The second kappa shape index (κ2) is 9.72. The van der Waals surface area contributed by atoms with Crippen molar-refractivity contribution >= 4 is 11.5 Å². The molecule has 0 aromatic carbocycles. The summed E-state index contributed by atoms with van der Waals surface area (Å²) in [6, 6.07) is 0. The lowest BCUT2D eigenvalue weighted by Gasteiger charge is -2.03. The summed E-state index contributed by atoms with van der Waals surface area (Å²) in [5.74, 6) is -0.0494. The molecule has 0 aliphatic rings. The number of rotatable bonds is 8. The number of imidazole rings is 1. The predicted octanol–water partition coefficient (Wildman–Crippen LogP) is 3.54. The Morgan fingerprint density at radius 2 is 1.80 bits per heavy atom. The number of carbonyl (C=O) groups is 1. The quantitative estimate of drug-likeness (QED) is 0.385. The summed E-state index contributed by atoms with van der Waals surface area (Å²) in [6.45, 7) is 14.4. The van der Waals surface area contributed by atoms with Gasteiger partial charge >= 0.3 is 11.7 Å². The van der Waals surface area contributed by atoms with E-state index in [0.717, 1.165) is 10.3 Å². The molecule has 0 bridgehead atoms. The van der Waals surface area contributed by atoms with Crippen molar-refractivity contribution in [2.45, 2.75) is 13.8 Å². The van der Waals surface area contributed by atoms with Crippen molar-refractivity contribution in [1.82, 2.24) is 10.3 Å². The predicted molar refractivity (Wildman–Crippen MR) is 101 cm³/mol. The number of nitrogens with zero attached hydrogens (tertiary/aromatic N) is 1. The van der Waals surface area contributed by atoms with Crippen molar-refractivity contribution < 1.29 is 14.7 Å². The molecule has 1 aromatic rings. The number of hydrogen-bond acceptors (Lipinski definition) is 2. The number of aryl methyl sites for hydroxylation is 1. The molecule has 0 radical (unpaired) electrons. The minimum Gasteiger partial charge on any atom is -0.349 e. The Morgan fingerprint density at radius 3 is 2.36 bits per heavy atom. The molecule has 5 nitrogen and oxygen atoms in total. The molecule has 1 aromatic heterocycles. The van der Waals surface area contributed by atoms with Crippen LogP contribution in [0.4, 0.5) is 0 Å². The summed E-state index contributed by atoms with van der Waals surface area (Å²) in [5.41, 5.74) is 1.90. The number of amides is 1. The van der Waals surface area contributed by atoms with Gasteiger partial charge in [0.1, 0.15) is 0 Å². The van der Waals surface area contributed by atoms with Crippen molar-refractivity contribution in [3.8, 4) is 0 Å². The zero-order chi connectivity index (χ0) is 18.8. The third kappa shape index (κ3) is 5.07. The van der Waals surface area contributed by atoms with Gasteiger partial charge in [-0.1, -0.05) is 56.2 Å². The second-order valence-electron chi connectivity index (χ2n) is 5.00. The molecule has 0 aliphatic heterocycles. The van der Waals surface area contributed by atoms with Crippen LogP contribution in [0.25, 0.3) is 5.57 Å². The van der Waals surface area contributed by atoms with Crippen molar-refractivity contribution in [2.24, 2.45) is 0 Å². The second-order valence-corrected chi connectivity index (χ2v) is 5.00. The molecule has 0 saturated heterocycles. The van der Waals surface area contributed by atoms with Crippen LogP contribution in [0.5, 0.6) is 0 Å². The zero-order valence-electron chi connectivity index (χ0n) is 14.6. The lowest BCUT2D eigenvalue weighted by molar-refractivity contribution is -0.906. The average molecular weight is 338 g/mol. The fourth-order valence-electron chi connectivity index (χ4n) is 2.13. The Kier molecular flexibility index (Phi) is 7.66. The minimum absolute atomic E-state index is 0.114. The molecular formula is C20H24N3O2+. The van der Waals surface area contributed by atoms with E-state index in [1.807, 2.05) is 13.0 Å². The number of hydrogen-bond donors (Lipinski definition) is 3. The van der Waals surface area contributed by atoms with Gasteiger partial charge in [-0.2, -0.15) is 0 Å². The van der Waals surface area contributed by atoms with E-state index in [1.165, 1.54) is 0 Å². The van der Waals surface area contributed by atoms with Crippen molar-refractivity contribution in [3.63, 3.8) is 0 Å². The molecule has 1 rings (SSSR count). The number of aromatic amines is 1. The van der Waals surface area contributed by atoms with E-state index < -0.39 is 5.91 Å². The molecular weight excluding hydrogens is 314 g/mol. The van der Waals surface area contributed by atoms with Gasteiger partial charge < -0.3 is 10.5 Å². The Bertz CT molecular complexity index is 790. The molecule has 130 valence electrons. The van der Waals surface area contributed by atoms with Gasteiger partial charge in [0.15, 0.2) is 5.69 Å². The first kappa shape index (κ1) is 19.7. The average Bonchev–Trinajstić information content (AvgIpc) is 2.88. The number of aromatic nitrogens is 2.